The molecule has 0 atom stereocenters. The summed E-state index contributed by atoms with van der Waals surface area (Å²) in [6, 6.07) is 3.62. The Labute approximate surface area is 124 Å². The molecule has 1 fully saturated rings. The van der Waals surface area contributed by atoms with Gasteiger partial charge < -0.3 is 14.4 Å². The van der Waals surface area contributed by atoms with Gasteiger partial charge in [-0.05, 0) is 30.4 Å². The number of carboxylic acids is 1. The number of carbonyl (C=O) groups is 2. The zero-order chi connectivity index (χ0) is 15.3. The number of furan rings is 1. The SMILES string of the molecule is CN(Cc1ccco1)C(=O)CC1(CC(=O)O)CCCCC1. The van der Waals surface area contributed by atoms with Crippen LogP contribution < -0.4 is 0 Å². The molecule has 0 bridgehead atoms. The number of carbonyl (C=O) groups excluding carboxylic acids is 1. The Morgan fingerprint density at radius 2 is 2.00 bits per heavy atom. The molecule has 0 spiro atoms. The standard InChI is InChI=1S/C16H23NO4/c1-17(12-13-6-5-9-21-13)14(18)10-16(11-15(19)20)7-3-2-4-8-16/h5-6,9H,2-4,7-8,10-12H2,1H3,(H,19,20). The molecule has 116 valence electrons. The van der Waals surface area contributed by atoms with Crippen LogP contribution in [0, 0.1) is 5.41 Å². The molecule has 0 unspecified atom stereocenters. The van der Waals surface area contributed by atoms with Crippen molar-refractivity contribution in [3.05, 3.63) is 24.2 Å². The van der Waals surface area contributed by atoms with E-state index in [0.717, 1.165) is 37.9 Å². The number of amides is 1. The lowest BCUT2D eigenvalue weighted by Crippen LogP contribution is -2.35. The van der Waals surface area contributed by atoms with E-state index in [1.54, 1.807) is 24.3 Å². The fourth-order valence-electron chi connectivity index (χ4n) is 3.22. The Kier molecular flexibility index (Phi) is 5.04. The quantitative estimate of drug-likeness (QED) is 0.875. The molecule has 1 saturated carbocycles. The van der Waals surface area contributed by atoms with Crippen molar-refractivity contribution in [3.63, 3.8) is 0 Å². The summed E-state index contributed by atoms with van der Waals surface area (Å²) in [5.41, 5.74) is -0.363. The first-order valence-corrected chi connectivity index (χ1v) is 7.49. The van der Waals surface area contributed by atoms with Gasteiger partial charge in [0.1, 0.15) is 5.76 Å². The van der Waals surface area contributed by atoms with E-state index < -0.39 is 5.97 Å². The van der Waals surface area contributed by atoms with Gasteiger partial charge in [-0.25, -0.2) is 0 Å². The monoisotopic (exact) mass is 293 g/mol. The Morgan fingerprint density at radius 1 is 1.29 bits per heavy atom. The van der Waals surface area contributed by atoms with Crippen LogP contribution in [0.5, 0.6) is 0 Å². The van der Waals surface area contributed by atoms with Crippen LogP contribution in [0.3, 0.4) is 0 Å². The second-order valence-corrected chi connectivity index (χ2v) is 6.14. The third kappa shape index (κ3) is 4.34. The van der Waals surface area contributed by atoms with E-state index >= 15 is 0 Å². The minimum atomic E-state index is -0.807. The van der Waals surface area contributed by atoms with Crippen LogP contribution >= 0.6 is 0 Å². The van der Waals surface area contributed by atoms with Crippen molar-refractivity contribution in [2.24, 2.45) is 5.41 Å². The van der Waals surface area contributed by atoms with E-state index in [2.05, 4.69) is 0 Å². The van der Waals surface area contributed by atoms with Crippen molar-refractivity contribution in [2.45, 2.75) is 51.5 Å². The maximum atomic E-state index is 12.4. The van der Waals surface area contributed by atoms with Gasteiger partial charge in [0.2, 0.25) is 5.91 Å². The topological polar surface area (TPSA) is 70.8 Å². The molecule has 1 heterocycles. The van der Waals surface area contributed by atoms with Gasteiger partial charge in [0, 0.05) is 13.5 Å². The summed E-state index contributed by atoms with van der Waals surface area (Å²) < 4.78 is 5.25. The van der Waals surface area contributed by atoms with Crippen molar-refractivity contribution in [2.75, 3.05) is 7.05 Å². The molecule has 1 aromatic rings. The van der Waals surface area contributed by atoms with Crippen molar-refractivity contribution in [1.29, 1.82) is 0 Å². The van der Waals surface area contributed by atoms with Crippen molar-refractivity contribution >= 4 is 11.9 Å². The van der Waals surface area contributed by atoms with Gasteiger partial charge in [0.05, 0.1) is 19.2 Å². The van der Waals surface area contributed by atoms with E-state index in [-0.39, 0.29) is 17.7 Å². The van der Waals surface area contributed by atoms with E-state index in [1.165, 1.54) is 0 Å². The summed E-state index contributed by atoms with van der Waals surface area (Å²) in [7, 11) is 1.74. The molecular weight excluding hydrogens is 270 g/mol. The Balaban J connectivity index is 1.98. The van der Waals surface area contributed by atoms with Crippen LogP contribution in [0.4, 0.5) is 0 Å². The van der Waals surface area contributed by atoms with Crippen molar-refractivity contribution in [1.82, 2.24) is 4.90 Å². The van der Waals surface area contributed by atoms with E-state index in [1.807, 2.05) is 6.07 Å². The normalized spacial score (nSPS) is 17.4. The summed E-state index contributed by atoms with van der Waals surface area (Å²) in [6.45, 7) is 0.426. The number of nitrogens with zero attached hydrogens (tertiary/aromatic N) is 1. The van der Waals surface area contributed by atoms with Gasteiger partial charge in [0.15, 0.2) is 0 Å². The minimum absolute atomic E-state index is 0.00505. The lowest BCUT2D eigenvalue weighted by atomic mass is 9.69. The highest BCUT2D eigenvalue weighted by Crippen LogP contribution is 2.42. The Hall–Kier alpha value is -1.78. The zero-order valence-electron chi connectivity index (χ0n) is 12.5. The van der Waals surface area contributed by atoms with Crippen molar-refractivity contribution in [3.8, 4) is 0 Å². The van der Waals surface area contributed by atoms with Gasteiger partial charge >= 0.3 is 5.97 Å². The highest BCUT2D eigenvalue weighted by molar-refractivity contribution is 5.78. The van der Waals surface area contributed by atoms with Gasteiger partial charge in [-0.3, -0.25) is 9.59 Å². The highest BCUT2D eigenvalue weighted by Gasteiger charge is 2.37. The molecule has 5 heteroatoms. The maximum absolute atomic E-state index is 12.4. The predicted octanol–water partition coefficient (Wildman–Crippen LogP) is 3.05. The van der Waals surface area contributed by atoms with E-state index in [4.69, 9.17) is 9.52 Å². The van der Waals surface area contributed by atoms with Crippen LogP contribution in [0.2, 0.25) is 0 Å². The number of hydrogen-bond acceptors (Lipinski definition) is 3. The van der Waals surface area contributed by atoms with Crippen LogP contribution in [-0.4, -0.2) is 28.9 Å². The van der Waals surface area contributed by atoms with Crippen LogP contribution in [0.15, 0.2) is 22.8 Å². The molecule has 1 N–H and O–H groups in total. The Morgan fingerprint density at radius 3 is 2.57 bits per heavy atom. The average Bonchev–Trinajstić information content (AvgIpc) is 2.91. The number of rotatable bonds is 6. The lowest BCUT2D eigenvalue weighted by molar-refractivity contribution is -0.142. The average molecular weight is 293 g/mol. The maximum Gasteiger partial charge on any atom is 0.303 e. The molecule has 1 aliphatic carbocycles. The minimum Gasteiger partial charge on any atom is -0.481 e. The fraction of sp³-hybridized carbons (Fsp3) is 0.625. The predicted molar refractivity (Wildman–Crippen MR) is 77.6 cm³/mol. The summed E-state index contributed by atoms with van der Waals surface area (Å²) in [6.07, 6.45) is 6.83. The van der Waals surface area contributed by atoms with Crippen LogP contribution in [-0.2, 0) is 16.1 Å². The summed E-state index contributed by atoms with van der Waals surface area (Å²) in [5, 5.41) is 9.15. The molecule has 0 radical (unpaired) electrons. The molecule has 1 amide bonds. The Bertz CT molecular complexity index is 474. The first-order valence-electron chi connectivity index (χ1n) is 7.49. The molecular formula is C16H23NO4. The first-order chi connectivity index (χ1) is 10.0. The van der Waals surface area contributed by atoms with E-state index in [9.17, 15) is 9.59 Å². The summed E-state index contributed by atoms with van der Waals surface area (Å²) in [5.74, 6) is -0.0743. The van der Waals surface area contributed by atoms with Crippen LogP contribution in [0.25, 0.3) is 0 Å². The molecule has 0 aromatic carbocycles. The third-order valence-corrected chi connectivity index (χ3v) is 4.37. The smallest absolute Gasteiger partial charge is 0.303 e. The first kappa shape index (κ1) is 15.6. The third-order valence-electron chi connectivity index (χ3n) is 4.37. The number of hydrogen-bond donors (Lipinski definition) is 1. The number of aliphatic carboxylic acids is 1. The fourth-order valence-corrected chi connectivity index (χ4v) is 3.22. The van der Waals surface area contributed by atoms with Gasteiger partial charge in [0.25, 0.3) is 0 Å². The molecule has 2 rings (SSSR count). The highest BCUT2D eigenvalue weighted by atomic mass is 16.4. The summed E-state index contributed by atoms with van der Waals surface area (Å²) >= 11 is 0. The summed E-state index contributed by atoms with van der Waals surface area (Å²) in [4.78, 5) is 25.2. The van der Waals surface area contributed by atoms with Crippen molar-refractivity contribution < 1.29 is 19.1 Å². The van der Waals surface area contributed by atoms with Gasteiger partial charge in [-0.15, -0.1) is 0 Å². The molecule has 5 nitrogen and oxygen atoms in total. The molecule has 21 heavy (non-hydrogen) atoms. The van der Waals surface area contributed by atoms with Gasteiger partial charge in [-0.1, -0.05) is 19.3 Å². The van der Waals surface area contributed by atoms with Crippen LogP contribution in [0.1, 0.15) is 50.7 Å². The van der Waals surface area contributed by atoms with Gasteiger partial charge in [-0.2, -0.15) is 0 Å². The molecule has 1 aliphatic rings. The largest absolute Gasteiger partial charge is 0.481 e. The molecule has 0 saturated heterocycles. The number of carboxylic acid groups (broad SMARTS) is 1. The van der Waals surface area contributed by atoms with E-state index in [0.29, 0.717) is 13.0 Å². The molecule has 1 aromatic heterocycles. The molecule has 0 aliphatic heterocycles. The zero-order valence-corrected chi connectivity index (χ0v) is 12.5. The lowest BCUT2D eigenvalue weighted by Gasteiger charge is -2.36. The second-order valence-electron chi connectivity index (χ2n) is 6.14. The second kappa shape index (κ2) is 6.78.